The van der Waals surface area contributed by atoms with E-state index in [1.54, 1.807) is 18.2 Å². The Morgan fingerprint density at radius 3 is 2.53 bits per heavy atom. The third-order valence-corrected chi connectivity index (χ3v) is 2.29. The first kappa shape index (κ1) is 10.4. The number of nitrogens with zero attached hydrogens (tertiary/aromatic N) is 1. The molecule has 0 saturated heterocycles. The predicted molar refractivity (Wildman–Crippen MR) is 58.6 cm³/mol. The highest BCUT2D eigenvalue weighted by molar-refractivity contribution is 6.29. The van der Waals surface area contributed by atoms with Crippen LogP contribution in [0.4, 0.5) is 0 Å². The first-order valence-corrected chi connectivity index (χ1v) is 4.65. The van der Waals surface area contributed by atoms with Crippen LogP contribution in [0.15, 0.2) is 30.3 Å². The molecule has 0 unspecified atom stereocenters. The number of aromatic nitrogens is 1. The summed E-state index contributed by atoms with van der Waals surface area (Å²) in [5, 5.41) is 19.6. The number of aliphatic hydroxyl groups is 2. The number of pyridine rings is 1. The molecule has 2 aromatic rings. The van der Waals surface area contributed by atoms with Gasteiger partial charge in [0.25, 0.3) is 0 Å². The summed E-state index contributed by atoms with van der Waals surface area (Å²) in [7, 11) is 5.14. The van der Waals surface area contributed by atoms with Crippen LogP contribution in [-0.4, -0.2) is 23.0 Å². The second kappa shape index (κ2) is 3.49. The van der Waals surface area contributed by atoms with Gasteiger partial charge in [-0.1, -0.05) is 23.7 Å². The molecule has 0 amide bonds. The van der Waals surface area contributed by atoms with Crippen molar-refractivity contribution in [1.29, 1.82) is 0 Å². The van der Waals surface area contributed by atoms with Gasteiger partial charge >= 0.3 is 0 Å². The molecule has 1 aromatic heterocycles. The Bertz CT molecular complexity index is 510. The first-order chi connectivity index (χ1) is 6.97. The minimum Gasteiger partial charge on any atom is -0.371 e. The second-order valence-corrected chi connectivity index (χ2v) is 3.65. The summed E-state index contributed by atoms with van der Waals surface area (Å²) < 4.78 is 0. The average molecular weight is 219 g/mol. The van der Waals surface area contributed by atoms with Crippen LogP contribution >= 0.6 is 11.6 Å². The van der Waals surface area contributed by atoms with Gasteiger partial charge in [-0.25, -0.2) is 4.98 Å². The van der Waals surface area contributed by atoms with E-state index < -0.39 is 5.69 Å². The molecule has 0 fully saturated rings. The zero-order valence-electron chi connectivity index (χ0n) is 7.68. The van der Waals surface area contributed by atoms with Gasteiger partial charge < -0.3 is 10.2 Å². The molecule has 0 aliphatic carbocycles. The van der Waals surface area contributed by atoms with Crippen LogP contribution in [0.1, 0.15) is 5.56 Å². The maximum absolute atomic E-state index is 9.19. The summed E-state index contributed by atoms with van der Waals surface area (Å²) in [6.45, 7) is 0. The third-order valence-electron chi connectivity index (χ3n) is 2.08. The number of halogens is 1. The lowest BCUT2D eigenvalue weighted by Crippen LogP contribution is -2.24. The van der Waals surface area contributed by atoms with E-state index in [4.69, 9.17) is 19.4 Å². The topological polar surface area (TPSA) is 53.4 Å². The minimum atomic E-state index is -2.35. The van der Waals surface area contributed by atoms with Gasteiger partial charge in [0.15, 0.2) is 7.85 Å². The molecule has 2 radical (unpaired) electrons. The van der Waals surface area contributed by atoms with Crippen molar-refractivity contribution in [1.82, 2.24) is 4.98 Å². The molecule has 0 atom stereocenters. The van der Waals surface area contributed by atoms with E-state index in [0.717, 1.165) is 5.39 Å². The summed E-state index contributed by atoms with van der Waals surface area (Å²) in [6, 6.07) is 8.17. The van der Waals surface area contributed by atoms with Gasteiger partial charge in [-0.2, -0.15) is 0 Å². The Labute approximate surface area is 92.7 Å². The molecule has 3 nitrogen and oxygen atoms in total. The van der Waals surface area contributed by atoms with Crippen LogP contribution < -0.4 is 0 Å². The zero-order chi connectivity index (χ0) is 11.1. The van der Waals surface area contributed by atoms with Crippen molar-refractivity contribution in [3.8, 4) is 0 Å². The number of benzene rings is 1. The van der Waals surface area contributed by atoms with Crippen molar-refractivity contribution in [2.24, 2.45) is 0 Å². The third kappa shape index (κ3) is 2.12. The number of hydrogen-bond donors (Lipinski definition) is 2. The van der Waals surface area contributed by atoms with E-state index in [9.17, 15) is 10.2 Å². The summed E-state index contributed by atoms with van der Waals surface area (Å²) in [6.07, 6.45) is 0. The molecule has 0 spiro atoms. The summed E-state index contributed by atoms with van der Waals surface area (Å²) in [5.41, 5.74) is -1.61. The zero-order valence-corrected chi connectivity index (χ0v) is 8.44. The normalized spacial score (nSPS) is 11.9. The Balaban J connectivity index is 2.64. The van der Waals surface area contributed by atoms with E-state index in [2.05, 4.69) is 4.98 Å². The summed E-state index contributed by atoms with van der Waals surface area (Å²) in [5.74, 6) is 0. The average Bonchev–Trinajstić information content (AvgIpc) is 2.15. The van der Waals surface area contributed by atoms with Gasteiger partial charge in [-0.15, -0.1) is 0 Å². The lowest BCUT2D eigenvalue weighted by Gasteiger charge is -2.17. The Morgan fingerprint density at radius 1 is 1.20 bits per heavy atom. The van der Waals surface area contributed by atoms with Crippen LogP contribution in [0.3, 0.4) is 0 Å². The van der Waals surface area contributed by atoms with E-state index >= 15 is 0 Å². The standard InChI is InChI=1S/C10H7BClNO2/c11-10(14,15)7-3-1-6-2-4-9(12)13-8(6)5-7/h1-5,14-15H. The van der Waals surface area contributed by atoms with Gasteiger partial charge in [0.2, 0.25) is 0 Å². The fourth-order valence-corrected chi connectivity index (χ4v) is 1.48. The van der Waals surface area contributed by atoms with E-state index in [-0.39, 0.29) is 5.56 Å². The monoisotopic (exact) mass is 219 g/mol. The van der Waals surface area contributed by atoms with Crippen LogP contribution in [0.2, 0.25) is 5.15 Å². The number of hydrogen-bond acceptors (Lipinski definition) is 3. The van der Waals surface area contributed by atoms with Crippen molar-refractivity contribution in [2.45, 2.75) is 5.69 Å². The molecule has 2 N–H and O–H groups in total. The Morgan fingerprint density at radius 2 is 1.87 bits per heavy atom. The van der Waals surface area contributed by atoms with Crippen molar-refractivity contribution in [3.05, 3.63) is 41.0 Å². The van der Waals surface area contributed by atoms with E-state index in [0.29, 0.717) is 10.7 Å². The summed E-state index contributed by atoms with van der Waals surface area (Å²) >= 11 is 5.72. The highest BCUT2D eigenvalue weighted by Crippen LogP contribution is 2.21. The van der Waals surface area contributed by atoms with Crippen LogP contribution in [0.25, 0.3) is 10.9 Å². The predicted octanol–water partition coefficient (Wildman–Crippen LogP) is 1.15. The van der Waals surface area contributed by atoms with Crippen molar-refractivity contribution >= 4 is 30.4 Å². The number of fused-ring (bicyclic) bond motifs is 1. The Kier molecular flexibility index (Phi) is 2.42. The maximum atomic E-state index is 9.19. The molecule has 0 aliphatic heterocycles. The lowest BCUT2D eigenvalue weighted by molar-refractivity contribution is -0.0909. The molecule has 0 bridgehead atoms. The van der Waals surface area contributed by atoms with Crippen molar-refractivity contribution < 1.29 is 10.2 Å². The smallest absolute Gasteiger partial charge is 0.160 e. The highest BCUT2D eigenvalue weighted by Gasteiger charge is 2.17. The molecular formula is C10H7BClNO2. The molecule has 15 heavy (non-hydrogen) atoms. The SMILES string of the molecule is [B]C(O)(O)c1ccc2ccc(Cl)nc2c1. The van der Waals surface area contributed by atoms with Gasteiger partial charge in [0, 0.05) is 10.9 Å². The molecule has 1 aromatic carbocycles. The highest BCUT2D eigenvalue weighted by atomic mass is 35.5. The van der Waals surface area contributed by atoms with Crippen molar-refractivity contribution in [2.75, 3.05) is 0 Å². The molecule has 5 heteroatoms. The molecular weight excluding hydrogens is 212 g/mol. The lowest BCUT2D eigenvalue weighted by atomic mass is 9.87. The Hall–Kier alpha value is -1.10. The van der Waals surface area contributed by atoms with E-state index in [1.165, 1.54) is 12.1 Å². The van der Waals surface area contributed by atoms with Crippen LogP contribution in [0, 0.1) is 0 Å². The van der Waals surface area contributed by atoms with Gasteiger partial charge in [0.1, 0.15) is 10.8 Å². The molecule has 1 heterocycles. The fourth-order valence-electron chi connectivity index (χ4n) is 1.32. The molecule has 74 valence electrons. The second-order valence-electron chi connectivity index (χ2n) is 3.27. The largest absolute Gasteiger partial charge is 0.371 e. The molecule has 0 saturated carbocycles. The maximum Gasteiger partial charge on any atom is 0.160 e. The van der Waals surface area contributed by atoms with Gasteiger partial charge in [-0.05, 0) is 18.2 Å². The van der Waals surface area contributed by atoms with Crippen LogP contribution in [-0.2, 0) is 5.69 Å². The number of rotatable bonds is 1. The fraction of sp³-hybridized carbons (Fsp3) is 0.100. The first-order valence-electron chi connectivity index (χ1n) is 4.27. The molecule has 2 rings (SSSR count). The van der Waals surface area contributed by atoms with Crippen LogP contribution in [0.5, 0.6) is 0 Å². The van der Waals surface area contributed by atoms with Gasteiger partial charge in [-0.3, -0.25) is 0 Å². The van der Waals surface area contributed by atoms with Crippen molar-refractivity contribution in [3.63, 3.8) is 0 Å². The molecule has 0 aliphatic rings. The summed E-state index contributed by atoms with van der Waals surface area (Å²) in [4.78, 5) is 4.04. The van der Waals surface area contributed by atoms with Gasteiger partial charge in [0.05, 0.1) is 5.52 Å². The van der Waals surface area contributed by atoms with E-state index in [1.807, 2.05) is 0 Å². The minimum absolute atomic E-state index is 0.171. The quantitative estimate of drug-likeness (QED) is 0.430.